The van der Waals surface area contributed by atoms with E-state index in [1.54, 1.807) is 29.2 Å². The number of piperazine rings is 1. The number of aromatic nitrogens is 2. The molecule has 0 radical (unpaired) electrons. The van der Waals surface area contributed by atoms with E-state index < -0.39 is 24.2 Å². The lowest BCUT2D eigenvalue weighted by Crippen LogP contribution is -2.49. The Morgan fingerprint density at radius 2 is 1.72 bits per heavy atom. The van der Waals surface area contributed by atoms with E-state index in [0.29, 0.717) is 37.5 Å². The Labute approximate surface area is 211 Å². The van der Waals surface area contributed by atoms with E-state index in [4.69, 9.17) is 16.3 Å². The Bertz CT molecular complexity index is 1220. The molecule has 2 aliphatic heterocycles. The molecule has 5 rings (SSSR count). The van der Waals surface area contributed by atoms with E-state index in [1.165, 1.54) is 7.11 Å². The quantitative estimate of drug-likeness (QED) is 0.515. The zero-order valence-electron chi connectivity index (χ0n) is 19.5. The average molecular weight is 520 g/mol. The third kappa shape index (κ3) is 4.57. The Morgan fingerprint density at radius 3 is 2.33 bits per heavy atom. The van der Waals surface area contributed by atoms with Crippen molar-refractivity contribution >= 4 is 29.0 Å². The number of para-hydroxylation sites is 1. The molecule has 190 valence electrons. The molecule has 0 bridgehead atoms. The summed E-state index contributed by atoms with van der Waals surface area (Å²) in [6.45, 7) is 2.03. The van der Waals surface area contributed by atoms with Crippen molar-refractivity contribution in [2.24, 2.45) is 0 Å². The van der Waals surface area contributed by atoms with Gasteiger partial charge in [-0.15, -0.1) is 0 Å². The molecule has 2 aliphatic rings. The van der Waals surface area contributed by atoms with Crippen LogP contribution in [0.2, 0.25) is 5.02 Å². The van der Waals surface area contributed by atoms with Crippen molar-refractivity contribution in [3.8, 4) is 5.75 Å². The van der Waals surface area contributed by atoms with Crippen molar-refractivity contribution in [2.75, 3.05) is 43.5 Å². The highest BCUT2D eigenvalue weighted by Gasteiger charge is 2.48. The highest BCUT2D eigenvalue weighted by Crippen LogP contribution is 2.46. The molecule has 36 heavy (non-hydrogen) atoms. The smallest absolute Gasteiger partial charge is 0.410 e. The fourth-order valence-electron chi connectivity index (χ4n) is 4.74. The first-order valence-electron chi connectivity index (χ1n) is 11.6. The highest BCUT2D eigenvalue weighted by atomic mass is 35.5. The number of ether oxygens (including phenoxy) is 1. The summed E-state index contributed by atoms with van der Waals surface area (Å²) in [5.74, 6) is 0.126. The molecule has 2 unspecified atom stereocenters. The van der Waals surface area contributed by atoms with Gasteiger partial charge >= 0.3 is 6.18 Å². The molecule has 11 heteroatoms. The van der Waals surface area contributed by atoms with Crippen LogP contribution in [0.15, 0.2) is 54.6 Å². The predicted octanol–water partition coefficient (Wildman–Crippen LogP) is 5.17. The van der Waals surface area contributed by atoms with Crippen LogP contribution < -0.4 is 15.0 Å². The van der Waals surface area contributed by atoms with Gasteiger partial charge in [-0.2, -0.15) is 18.3 Å². The lowest BCUT2D eigenvalue weighted by atomic mass is 9.97. The van der Waals surface area contributed by atoms with Crippen LogP contribution in [0, 0.1) is 0 Å². The number of benzene rings is 2. The Kier molecular flexibility index (Phi) is 6.46. The SMILES string of the molecule is COc1ccc(C2CC(C(F)(F)F)n3nc(C(=O)N4CCN(c5ccccc5)CC4)c(Cl)c3N2)cc1. The Hall–Kier alpha value is -3.40. The third-order valence-electron chi connectivity index (χ3n) is 6.70. The molecular weight excluding hydrogens is 495 g/mol. The first-order chi connectivity index (χ1) is 17.3. The number of carbonyl (C=O) groups is 1. The second-order valence-electron chi connectivity index (χ2n) is 8.83. The number of hydrogen-bond acceptors (Lipinski definition) is 5. The third-order valence-corrected chi connectivity index (χ3v) is 7.06. The maximum Gasteiger partial charge on any atom is 0.410 e. The van der Waals surface area contributed by atoms with E-state index in [1.807, 2.05) is 30.3 Å². The van der Waals surface area contributed by atoms with Gasteiger partial charge in [0.2, 0.25) is 0 Å². The molecule has 2 aromatic carbocycles. The number of halogens is 4. The maximum absolute atomic E-state index is 14.1. The van der Waals surface area contributed by atoms with Crippen molar-refractivity contribution in [1.29, 1.82) is 0 Å². The molecule has 7 nitrogen and oxygen atoms in total. The van der Waals surface area contributed by atoms with Gasteiger partial charge in [-0.25, -0.2) is 4.68 Å². The van der Waals surface area contributed by atoms with Crippen LogP contribution in [0.4, 0.5) is 24.7 Å². The van der Waals surface area contributed by atoms with Crippen LogP contribution in [0.3, 0.4) is 0 Å². The molecule has 0 saturated carbocycles. The summed E-state index contributed by atoms with van der Waals surface area (Å²) < 4.78 is 48.2. The van der Waals surface area contributed by atoms with Crippen LogP contribution in [0.5, 0.6) is 5.75 Å². The van der Waals surface area contributed by atoms with Gasteiger partial charge in [0.05, 0.1) is 13.2 Å². The van der Waals surface area contributed by atoms with Crippen LogP contribution in [0.1, 0.15) is 34.6 Å². The molecule has 0 spiro atoms. The van der Waals surface area contributed by atoms with Crippen molar-refractivity contribution in [3.05, 3.63) is 70.9 Å². The molecule has 0 aliphatic carbocycles. The second kappa shape index (κ2) is 9.57. The zero-order valence-corrected chi connectivity index (χ0v) is 20.3. The lowest BCUT2D eigenvalue weighted by Gasteiger charge is -2.35. The molecular formula is C25H25ClF3N5O2. The van der Waals surface area contributed by atoms with Crippen LogP contribution in [0.25, 0.3) is 0 Å². The molecule has 3 aromatic rings. The number of nitrogens with zero attached hydrogens (tertiary/aromatic N) is 4. The van der Waals surface area contributed by atoms with E-state index in [-0.39, 0.29) is 23.0 Å². The number of rotatable bonds is 4. The topological polar surface area (TPSA) is 62.6 Å². The van der Waals surface area contributed by atoms with Gasteiger partial charge in [-0.3, -0.25) is 4.79 Å². The van der Waals surface area contributed by atoms with Gasteiger partial charge in [0.1, 0.15) is 16.6 Å². The van der Waals surface area contributed by atoms with Gasteiger partial charge in [0, 0.05) is 38.3 Å². The maximum atomic E-state index is 14.1. The molecule has 2 atom stereocenters. The molecule has 1 amide bonds. The largest absolute Gasteiger partial charge is 0.497 e. The predicted molar refractivity (Wildman–Crippen MR) is 131 cm³/mol. The van der Waals surface area contributed by atoms with E-state index in [0.717, 1.165) is 10.4 Å². The van der Waals surface area contributed by atoms with Crippen LogP contribution in [-0.4, -0.2) is 60.1 Å². The van der Waals surface area contributed by atoms with Gasteiger partial charge in [-0.1, -0.05) is 41.9 Å². The summed E-state index contributed by atoms with van der Waals surface area (Å²) in [5.41, 5.74) is 1.54. The Balaban J connectivity index is 1.39. The number of carbonyl (C=O) groups excluding carboxylic acids is 1. The molecule has 3 heterocycles. The number of hydrogen-bond donors (Lipinski definition) is 1. The van der Waals surface area contributed by atoms with E-state index in [9.17, 15) is 18.0 Å². The zero-order chi connectivity index (χ0) is 25.4. The summed E-state index contributed by atoms with van der Waals surface area (Å²) in [6, 6.07) is 14.1. The summed E-state index contributed by atoms with van der Waals surface area (Å²) in [5, 5.41) is 7.06. The average Bonchev–Trinajstić information content (AvgIpc) is 3.24. The molecule has 1 N–H and O–H groups in total. The summed E-state index contributed by atoms with van der Waals surface area (Å²) >= 11 is 6.51. The van der Waals surface area contributed by atoms with Crippen molar-refractivity contribution in [1.82, 2.24) is 14.7 Å². The van der Waals surface area contributed by atoms with Crippen LogP contribution in [-0.2, 0) is 0 Å². The number of nitrogens with one attached hydrogen (secondary N) is 1. The molecule has 1 aromatic heterocycles. The summed E-state index contributed by atoms with van der Waals surface area (Å²) in [7, 11) is 1.52. The minimum Gasteiger partial charge on any atom is -0.497 e. The number of amides is 1. The fraction of sp³-hybridized carbons (Fsp3) is 0.360. The standard InChI is InChI=1S/C25H25ClF3N5O2/c1-36-18-9-7-16(8-10-18)19-15-20(25(27,28)29)34-23(30-19)21(26)22(31-34)24(35)33-13-11-32(12-14-33)17-5-3-2-4-6-17/h2-10,19-20,30H,11-15H2,1H3. The number of methoxy groups -OCH3 is 1. The van der Waals surface area contributed by atoms with E-state index >= 15 is 0 Å². The van der Waals surface area contributed by atoms with Gasteiger partial charge in [0.15, 0.2) is 11.7 Å². The fourth-order valence-corrected chi connectivity index (χ4v) is 5.00. The van der Waals surface area contributed by atoms with E-state index in [2.05, 4.69) is 15.3 Å². The van der Waals surface area contributed by atoms with Gasteiger partial charge in [0.25, 0.3) is 5.91 Å². The van der Waals surface area contributed by atoms with Crippen molar-refractivity contribution < 1.29 is 22.7 Å². The normalized spacial score (nSPS) is 20.0. The monoisotopic (exact) mass is 519 g/mol. The minimum atomic E-state index is -4.57. The molecule has 1 saturated heterocycles. The van der Waals surface area contributed by atoms with Gasteiger partial charge < -0.3 is 19.9 Å². The number of alkyl halides is 3. The lowest BCUT2D eigenvalue weighted by molar-refractivity contribution is -0.173. The summed E-state index contributed by atoms with van der Waals surface area (Å²) in [4.78, 5) is 17.0. The number of anilines is 2. The van der Waals surface area contributed by atoms with Crippen LogP contribution >= 0.6 is 11.6 Å². The Morgan fingerprint density at radius 1 is 1.06 bits per heavy atom. The number of fused-ring (bicyclic) bond motifs is 1. The van der Waals surface area contributed by atoms with Crippen molar-refractivity contribution in [3.63, 3.8) is 0 Å². The summed E-state index contributed by atoms with van der Waals surface area (Å²) in [6.07, 6.45) is -4.86. The first-order valence-corrected chi connectivity index (χ1v) is 12.0. The highest BCUT2D eigenvalue weighted by molar-refractivity contribution is 6.36. The second-order valence-corrected chi connectivity index (χ2v) is 9.21. The van der Waals surface area contributed by atoms with Crippen molar-refractivity contribution in [2.45, 2.75) is 24.7 Å². The molecule has 1 fully saturated rings. The first kappa shape index (κ1) is 24.3. The van der Waals surface area contributed by atoms with Gasteiger partial charge in [-0.05, 0) is 29.8 Å². The minimum absolute atomic E-state index is 0.00247.